The van der Waals surface area contributed by atoms with Crippen molar-refractivity contribution in [1.82, 2.24) is 14.5 Å². The molecule has 0 unspecified atom stereocenters. The van der Waals surface area contributed by atoms with Crippen molar-refractivity contribution in [2.24, 2.45) is 0 Å². The summed E-state index contributed by atoms with van der Waals surface area (Å²) >= 11 is 0. The summed E-state index contributed by atoms with van der Waals surface area (Å²) in [5, 5.41) is 12.5. The van der Waals surface area contributed by atoms with Gasteiger partial charge >= 0.3 is 0 Å². The summed E-state index contributed by atoms with van der Waals surface area (Å²) in [5.41, 5.74) is 6.32. The van der Waals surface area contributed by atoms with Crippen LogP contribution in [0.15, 0.2) is 140 Å². The Hall–Kier alpha value is -6.26. The number of phenolic OH excluding ortho intramolecular Hbond substituents is 1. The predicted molar refractivity (Wildman–Crippen MR) is 267 cm³/mol. The van der Waals surface area contributed by atoms with Gasteiger partial charge in [-0.3, -0.25) is 9.55 Å². The first-order chi connectivity index (χ1) is 34.5. The Morgan fingerprint density at radius 1 is 0.508 bits per heavy atom. The molecule has 2 heterocycles. The topological polar surface area (TPSA) is 50.9 Å². The predicted octanol–water partition coefficient (Wildman–Crippen LogP) is 16.0. The van der Waals surface area contributed by atoms with Crippen LogP contribution in [0.1, 0.15) is 127 Å². The van der Waals surface area contributed by atoms with E-state index in [1.807, 2.05) is 77.4 Å². The first kappa shape index (κ1) is 30.7. The molecule has 2 aromatic heterocycles. The zero-order valence-electron chi connectivity index (χ0n) is 49.6. The van der Waals surface area contributed by atoms with E-state index < -0.39 is 38.2 Å². The summed E-state index contributed by atoms with van der Waals surface area (Å²) in [6.07, 6.45) is 1.65. The second kappa shape index (κ2) is 15.8. The fraction of sp³-hybridized carbons (Fsp3) is 0.288. The molecule has 0 aliphatic carbocycles. The summed E-state index contributed by atoms with van der Waals surface area (Å²) in [6.45, 7) is 6.28. The van der Waals surface area contributed by atoms with E-state index in [4.69, 9.17) is 26.4 Å². The van der Waals surface area contributed by atoms with Gasteiger partial charge in [-0.25, -0.2) is 4.98 Å². The van der Waals surface area contributed by atoms with Crippen molar-refractivity contribution in [3.63, 3.8) is 0 Å². The van der Waals surface area contributed by atoms with Crippen LogP contribution in [-0.4, -0.2) is 19.6 Å². The highest BCUT2D eigenvalue weighted by Crippen LogP contribution is 2.45. The first-order valence-electron chi connectivity index (χ1n) is 27.4. The number of pyridine rings is 1. The smallest absolute Gasteiger partial charge is 0.149 e. The number of aromatic nitrogens is 3. The third-order valence-electron chi connectivity index (χ3n) is 11.8. The Morgan fingerprint density at radius 2 is 1.19 bits per heavy atom. The Balaban J connectivity index is 1.37. The zero-order valence-corrected chi connectivity index (χ0v) is 37.6. The van der Waals surface area contributed by atoms with Gasteiger partial charge in [0.2, 0.25) is 0 Å². The van der Waals surface area contributed by atoms with Crippen LogP contribution in [-0.2, 0) is 21.7 Å². The highest BCUT2D eigenvalue weighted by molar-refractivity contribution is 5.97. The molecule has 4 nitrogen and oxygen atoms in total. The molecule has 0 saturated heterocycles. The van der Waals surface area contributed by atoms with Crippen LogP contribution in [0.2, 0.25) is 0 Å². The minimum Gasteiger partial charge on any atom is -0.507 e. The quantitative estimate of drug-likeness (QED) is 0.181. The molecule has 0 atom stereocenters. The van der Waals surface area contributed by atoms with Gasteiger partial charge < -0.3 is 5.11 Å². The Bertz CT molecular complexity index is 3400. The van der Waals surface area contributed by atoms with Crippen molar-refractivity contribution in [3.05, 3.63) is 167 Å². The van der Waals surface area contributed by atoms with Gasteiger partial charge in [0.15, 0.2) is 0 Å². The maximum absolute atomic E-state index is 12.5. The van der Waals surface area contributed by atoms with E-state index in [0.717, 1.165) is 38.9 Å². The Morgan fingerprint density at radius 3 is 1.86 bits per heavy atom. The lowest BCUT2D eigenvalue weighted by Gasteiger charge is -2.27. The number of hydrogen-bond acceptors (Lipinski definition) is 3. The summed E-state index contributed by atoms with van der Waals surface area (Å²) in [6, 6.07) is 40.4. The summed E-state index contributed by atoms with van der Waals surface area (Å²) < 4.78 is 102. The number of phenols is 1. The van der Waals surface area contributed by atoms with Crippen LogP contribution in [0.5, 0.6) is 5.75 Å². The summed E-state index contributed by atoms with van der Waals surface area (Å²) in [7, 11) is 0. The minimum absolute atomic E-state index is 0.0765. The van der Waals surface area contributed by atoms with Crippen LogP contribution >= 0.6 is 0 Å². The second-order valence-corrected chi connectivity index (χ2v) is 19.8. The molecule has 0 bridgehead atoms. The van der Waals surface area contributed by atoms with Gasteiger partial charge in [0.05, 0.1) is 22.3 Å². The average molecular weight is 842 g/mol. The number of fused-ring (bicyclic) bond motifs is 1. The lowest BCUT2D eigenvalue weighted by molar-refractivity contribution is 0.446. The molecular weight excluding hydrogens is 767 g/mol. The number of hydrogen-bond donors (Lipinski definition) is 1. The highest BCUT2D eigenvalue weighted by atomic mass is 16.3. The molecule has 1 N–H and O–H groups in total. The molecule has 0 aliphatic heterocycles. The van der Waals surface area contributed by atoms with Crippen molar-refractivity contribution >= 4 is 11.0 Å². The van der Waals surface area contributed by atoms with E-state index in [1.54, 1.807) is 24.4 Å². The molecule has 0 fully saturated rings. The summed E-state index contributed by atoms with van der Waals surface area (Å²) in [4.78, 5) is 10.3. The third kappa shape index (κ3) is 8.74. The van der Waals surface area contributed by atoms with E-state index in [0.29, 0.717) is 50.5 Å². The monoisotopic (exact) mass is 842 g/mol. The molecule has 8 aromatic rings. The fourth-order valence-corrected chi connectivity index (χ4v) is 8.17. The zero-order chi connectivity index (χ0) is 55.2. The molecule has 6 aromatic carbocycles. The SMILES string of the molecule is [2H]C([2H])([2H])c1cc(-c2ccccc2)cc(-n2c(-c3cc(C(C)(C)C)cc(C(C)(C)C)c3O)nc3c(-c4cc(-c5cc(-c6ccc(C(C([2H])([2H])[2H])(C([2H])([2H])[2H])C([2H])([2H])[2H])cc6)ccn5)cc(C(C)(C)C)c4)cccc32)c1. The van der Waals surface area contributed by atoms with Crippen molar-refractivity contribution in [3.8, 4) is 67.5 Å². The van der Waals surface area contributed by atoms with Crippen LogP contribution in [0.3, 0.4) is 0 Å². The Labute approximate surface area is 392 Å². The number of aryl methyl sites for hydroxylation is 1. The van der Waals surface area contributed by atoms with Gasteiger partial charge in [-0.15, -0.1) is 0 Å². The number of rotatable bonds is 6. The molecule has 0 aliphatic rings. The largest absolute Gasteiger partial charge is 0.507 e. The van der Waals surface area contributed by atoms with Gasteiger partial charge in [-0.05, 0) is 127 Å². The maximum atomic E-state index is 12.5. The molecule has 8 rings (SSSR count). The number of para-hydroxylation sites is 1. The van der Waals surface area contributed by atoms with E-state index in [9.17, 15) is 5.11 Å². The molecule has 0 radical (unpaired) electrons. The van der Waals surface area contributed by atoms with E-state index in [1.165, 1.54) is 24.3 Å². The normalized spacial score (nSPS) is 16.2. The standard InChI is InChI=1S/C59H63N3O/c1-37-28-41(38-18-15-14-16-19-38)33-47(29-37)62-52-21-17-20-48(53(52)61-55(62)49-35-46(58(8,9)10)36-50(54(49)63)59(11,12)13)42-30-43(32-45(31-42)57(5,6)7)51-34-40(26-27-60-51)39-22-24-44(25-23-39)56(2,3)4/h14-36,63H,1-13H3/i1D3,2D3,3D3,4D3. The highest BCUT2D eigenvalue weighted by Gasteiger charge is 2.29. The molecular formula is C59H63N3O. The number of aromatic hydroxyl groups is 1. The number of nitrogens with zero attached hydrogens (tertiary/aromatic N) is 3. The Kier molecular flexibility index (Phi) is 7.72. The van der Waals surface area contributed by atoms with Gasteiger partial charge in [0.25, 0.3) is 0 Å². The summed E-state index contributed by atoms with van der Waals surface area (Å²) in [5.74, 6) is 0.502. The molecule has 320 valence electrons. The lowest BCUT2D eigenvalue weighted by Crippen LogP contribution is -2.17. The van der Waals surface area contributed by atoms with Gasteiger partial charge in [-0.1, -0.05) is 168 Å². The second-order valence-electron chi connectivity index (χ2n) is 19.8. The van der Waals surface area contributed by atoms with Gasteiger partial charge in [0.1, 0.15) is 11.6 Å². The van der Waals surface area contributed by atoms with Crippen molar-refractivity contribution in [2.75, 3.05) is 0 Å². The van der Waals surface area contributed by atoms with Crippen LogP contribution in [0.25, 0.3) is 72.7 Å². The van der Waals surface area contributed by atoms with E-state index >= 15 is 0 Å². The first-order valence-corrected chi connectivity index (χ1v) is 21.4. The maximum Gasteiger partial charge on any atom is 0.149 e. The van der Waals surface area contributed by atoms with Crippen molar-refractivity contribution in [1.29, 1.82) is 0 Å². The fourth-order valence-electron chi connectivity index (χ4n) is 8.17. The van der Waals surface area contributed by atoms with Gasteiger partial charge in [0, 0.05) is 45.0 Å². The van der Waals surface area contributed by atoms with Crippen LogP contribution in [0, 0.1) is 6.85 Å². The number of imidazole rings is 1. The minimum atomic E-state index is -3.39. The molecule has 0 spiro atoms. The van der Waals surface area contributed by atoms with Gasteiger partial charge in [-0.2, -0.15) is 0 Å². The van der Waals surface area contributed by atoms with Crippen molar-refractivity contribution < 1.29 is 21.6 Å². The molecule has 0 amide bonds. The third-order valence-corrected chi connectivity index (χ3v) is 11.8. The molecule has 63 heavy (non-hydrogen) atoms. The molecule has 0 saturated carbocycles. The van der Waals surface area contributed by atoms with Crippen molar-refractivity contribution in [2.45, 2.75) is 111 Å². The van der Waals surface area contributed by atoms with E-state index in [-0.39, 0.29) is 27.7 Å². The van der Waals surface area contributed by atoms with Crippen LogP contribution in [0.4, 0.5) is 0 Å². The molecule has 4 heteroatoms. The van der Waals surface area contributed by atoms with E-state index in [2.05, 4.69) is 80.5 Å². The lowest BCUT2D eigenvalue weighted by atomic mass is 9.79. The number of benzene rings is 6. The average Bonchev–Trinajstić information content (AvgIpc) is 3.69. The van der Waals surface area contributed by atoms with Crippen LogP contribution < -0.4 is 0 Å².